The van der Waals surface area contributed by atoms with Crippen molar-refractivity contribution in [2.45, 2.75) is 13.0 Å². The molecule has 0 fully saturated rings. The monoisotopic (exact) mass is 252 g/mol. The minimum absolute atomic E-state index is 0. The third-order valence-corrected chi connectivity index (χ3v) is 2.03. The van der Waals surface area contributed by atoms with Gasteiger partial charge >= 0.3 is 51.4 Å². The summed E-state index contributed by atoms with van der Waals surface area (Å²) in [5.74, 6) is -1.11. The smallest absolute Gasteiger partial charge is 0.550 e. The van der Waals surface area contributed by atoms with E-state index in [1.165, 1.54) is 0 Å². The van der Waals surface area contributed by atoms with E-state index in [1.54, 1.807) is 6.07 Å². The summed E-state index contributed by atoms with van der Waals surface area (Å²) in [4.78, 5) is 10.1. The molecule has 0 aliphatic carbocycles. The number of carboxylic acid groups (broad SMARTS) is 1. The summed E-state index contributed by atoms with van der Waals surface area (Å²) in [6, 6.07) is 7.27. The van der Waals surface area contributed by atoms with Gasteiger partial charge in [-0.15, -0.1) is 0 Å². The maximum atomic E-state index is 10.1. The van der Waals surface area contributed by atoms with Crippen LogP contribution in [0.5, 0.6) is 0 Å². The van der Waals surface area contributed by atoms with E-state index in [9.17, 15) is 9.90 Å². The van der Waals surface area contributed by atoms with Crippen LogP contribution in [0.15, 0.2) is 24.3 Å². The van der Waals surface area contributed by atoms with Crippen molar-refractivity contribution >= 4 is 17.6 Å². The Morgan fingerprint density at radius 3 is 2.67 bits per heavy atom. The molecule has 0 aromatic heterocycles. The third-order valence-electron chi connectivity index (χ3n) is 1.67. The molecular formula is C10H10ClKO3. The quantitative estimate of drug-likeness (QED) is 0.450. The van der Waals surface area contributed by atoms with E-state index in [2.05, 4.69) is 0 Å². The summed E-state index contributed by atoms with van der Waals surface area (Å²) in [5.41, 5.74) is 0.854. The Labute approximate surface area is 136 Å². The van der Waals surface area contributed by atoms with E-state index in [-0.39, 0.29) is 64.4 Å². The molecule has 0 radical (unpaired) electrons. The van der Waals surface area contributed by atoms with Gasteiger partial charge in [-0.05, 0) is 11.6 Å². The number of benzene rings is 1. The normalized spacial score (nSPS) is 9.40. The van der Waals surface area contributed by atoms with Gasteiger partial charge in [0.25, 0.3) is 0 Å². The van der Waals surface area contributed by atoms with Crippen molar-refractivity contribution in [1.82, 2.24) is 0 Å². The molecule has 1 aromatic carbocycles. The minimum atomic E-state index is -1.11. The second-order valence-electron chi connectivity index (χ2n) is 2.77. The molecule has 3 nitrogen and oxygen atoms in total. The summed E-state index contributed by atoms with van der Waals surface area (Å²) in [7, 11) is 0. The maximum Gasteiger partial charge on any atom is 1.00 e. The van der Waals surface area contributed by atoms with E-state index in [0.29, 0.717) is 11.6 Å². The molecule has 0 atom stereocenters. The van der Waals surface area contributed by atoms with Crippen LogP contribution in [0, 0.1) is 0 Å². The molecule has 0 aliphatic rings. The van der Waals surface area contributed by atoms with Crippen LogP contribution >= 0.6 is 11.6 Å². The Morgan fingerprint density at radius 1 is 1.40 bits per heavy atom. The summed E-state index contributed by atoms with van der Waals surface area (Å²) in [6.45, 7) is 0.473. The van der Waals surface area contributed by atoms with Gasteiger partial charge in [0.05, 0.1) is 13.2 Å². The molecule has 76 valence electrons. The van der Waals surface area contributed by atoms with Crippen LogP contribution < -0.4 is 56.5 Å². The average Bonchev–Trinajstić information content (AvgIpc) is 2.15. The Hall–Kier alpha value is 0.576. The molecule has 0 aliphatic heterocycles. The number of hydrogen-bond donors (Lipinski definition) is 0. The number of halogens is 1. The van der Waals surface area contributed by atoms with Crippen molar-refractivity contribution in [3.63, 3.8) is 0 Å². The van der Waals surface area contributed by atoms with E-state index in [4.69, 9.17) is 16.3 Å². The fraction of sp³-hybridized carbons (Fsp3) is 0.300. The van der Waals surface area contributed by atoms with E-state index in [0.717, 1.165) is 5.56 Å². The number of carbonyl (C=O) groups excluding carboxylic acids is 1. The zero-order chi connectivity index (χ0) is 10.4. The zero-order valence-corrected chi connectivity index (χ0v) is 12.4. The second-order valence-corrected chi connectivity index (χ2v) is 3.17. The number of rotatable bonds is 5. The fourth-order valence-electron chi connectivity index (χ4n) is 0.953. The predicted octanol–water partition coefficient (Wildman–Crippen LogP) is -2.00. The van der Waals surface area contributed by atoms with Gasteiger partial charge in [-0.1, -0.05) is 29.8 Å². The van der Waals surface area contributed by atoms with Crippen LogP contribution in [-0.2, 0) is 16.1 Å². The van der Waals surface area contributed by atoms with Crippen LogP contribution in [-0.4, -0.2) is 12.6 Å². The Kier molecular flexibility index (Phi) is 9.03. The predicted molar refractivity (Wildman–Crippen MR) is 50.7 cm³/mol. The SMILES string of the molecule is O=C([O-])CCOCc1ccccc1Cl.[K+]. The fourth-order valence-corrected chi connectivity index (χ4v) is 1.14. The summed E-state index contributed by atoms with van der Waals surface area (Å²) in [5, 5.41) is 10.7. The Bertz CT molecular complexity index is 317. The second kappa shape index (κ2) is 8.70. The molecule has 0 bridgehead atoms. The molecule has 0 unspecified atom stereocenters. The van der Waals surface area contributed by atoms with Gasteiger partial charge in [-0.25, -0.2) is 0 Å². The summed E-state index contributed by atoms with van der Waals surface area (Å²) >= 11 is 5.86. The summed E-state index contributed by atoms with van der Waals surface area (Å²) in [6.07, 6.45) is -0.0928. The first-order valence-corrected chi connectivity index (χ1v) is 4.59. The van der Waals surface area contributed by atoms with Crippen LogP contribution in [0.1, 0.15) is 12.0 Å². The number of hydrogen-bond acceptors (Lipinski definition) is 3. The van der Waals surface area contributed by atoms with Crippen LogP contribution in [0.4, 0.5) is 0 Å². The number of ether oxygens (including phenoxy) is 1. The Balaban J connectivity index is 0.00000196. The first-order valence-electron chi connectivity index (χ1n) is 4.21. The van der Waals surface area contributed by atoms with E-state index >= 15 is 0 Å². The van der Waals surface area contributed by atoms with Crippen molar-refractivity contribution in [1.29, 1.82) is 0 Å². The number of carboxylic acids is 1. The van der Waals surface area contributed by atoms with Crippen molar-refractivity contribution in [3.8, 4) is 0 Å². The van der Waals surface area contributed by atoms with Crippen LogP contribution in [0.25, 0.3) is 0 Å². The number of aliphatic carboxylic acids is 1. The standard InChI is InChI=1S/C10H11ClO3.K/c11-9-4-2-1-3-8(9)7-14-6-5-10(12)13;/h1-4H,5-7H2,(H,12,13);/q;+1/p-1. The van der Waals surface area contributed by atoms with Gasteiger partial charge in [-0.3, -0.25) is 0 Å². The zero-order valence-electron chi connectivity index (χ0n) is 8.53. The largest absolute Gasteiger partial charge is 1.00 e. The molecule has 0 amide bonds. The van der Waals surface area contributed by atoms with Gasteiger partial charge in [-0.2, -0.15) is 0 Å². The van der Waals surface area contributed by atoms with Crippen molar-refractivity contribution in [2.24, 2.45) is 0 Å². The van der Waals surface area contributed by atoms with Crippen LogP contribution in [0.3, 0.4) is 0 Å². The molecule has 5 heteroatoms. The van der Waals surface area contributed by atoms with Crippen molar-refractivity contribution < 1.29 is 66.0 Å². The molecule has 1 rings (SSSR count). The average molecular weight is 253 g/mol. The molecular weight excluding hydrogens is 243 g/mol. The minimum Gasteiger partial charge on any atom is -0.550 e. The number of carbonyl (C=O) groups is 1. The van der Waals surface area contributed by atoms with Gasteiger partial charge in [0.2, 0.25) is 0 Å². The first-order chi connectivity index (χ1) is 6.70. The molecule has 1 aromatic rings. The molecule has 0 N–H and O–H groups in total. The van der Waals surface area contributed by atoms with Gasteiger partial charge in [0.1, 0.15) is 0 Å². The molecule has 0 saturated heterocycles. The van der Waals surface area contributed by atoms with Gasteiger partial charge in [0.15, 0.2) is 0 Å². The van der Waals surface area contributed by atoms with Gasteiger partial charge < -0.3 is 14.6 Å². The molecule has 0 spiro atoms. The topological polar surface area (TPSA) is 49.4 Å². The van der Waals surface area contributed by atoms with Crippen LogP contribution in [0.2, 0.25) is 5.02 Å². The summed E-state index contributed by atoms with van der Waals surface area (Å²) < 4.78 is 5.11. The molecule has 0 heterocycles. The van der Waals surface area contributed by atoms with Crippen molar-refractivity contribution in [3.05, 3.63) is 34.9 Å². The third kappa shape index (κ3) is 6.68. The van der Waals surface area contributed by atoms with Crippen molar-refractivity contribution in [2.75, 3.05) is 6.61 Å². The Morgan fingerprint density at radius 2 is 2.07 bits per heavy atom. The molecule has 0 saturated carbocycles. The van der Waals surface area contributed by atoms with E-state index < -0.39 is 5.97 Å². The maximum absolute atomic E-state index is 10.1. The van der Waals surface area contributed by atoms with Gasteiger partial charge in [0, 0.05) is 17.4 Å². The first kappa shape index (κ1) is 15.6. The van der Waals surface area contributed by atoms with E-state index in [1.807, 2.05) is 18.2 Å². The molecule has 15 heavy (non-hydrogen) atoms.